The first-order valence-corrected chi connectivity index (χ1v) is 8.49. The van der Waals surface area contributed by atoms with E-state index in [1.807, 2.05) is 24.3 Å². The summed E-state index contributed by atoms with van der Waals surface area (Å²) in [6, 6.07) is 12.2. The van der Waals surface area contributed by atoms with Gasteiger partial charge in [0, 0.05) is 15.9 Å². The molecule has 22 heavy (non-hydrogen) atoms. The molecular weight excluding hydrogens is 369 g/mol. The van der Waals surface area contributed by atoms with Crippen LogP contribution in [0.15, 0.2) is 46.9 Å². The highest BCUT2D eigenvalue weighted by atomic mass is 79.9. The van der Waals surface area contributed by atoms with Gasteiger partial charge < -0.3 is 10.1 Å². The smallest absolute Gasteiger partial charge is 0.234 e. The number of benzene rings is 2. The summed E-state index contributed by atoms with van der Waals surface area (Å²) in [5, 5.41) is 2.81. The van der Waals surface area contributed by atoms with Gasteiger partial charge >= 0.3 is 0 Å². The molecular formula is C16H15BrFNO2S. The molecule has 0 fully saturated rings. The Balaban J connectivity index is 1.79. The van der Waals surface area contributed by atoms with Crippen LogP contribution in [0.5, 0.6) is 5.75 Å². The number of methoxy groups -OCH3 is 1. The van der Waals surface area contributed by atoms with E-state index in [1.165, 1.54) is 24.9 Å². The second-order valence-corrected chi connectivity index (χ2v) is 6.42. The van der Waals surface area contributed by atoms with E-state index in [4.69, 9.17) is 4.74 Å². The van der Waals surface area contributed by atoms with E-state index in [2.05, 4.69) is 21.2 Å². The van der Waals surface area contributed by atoms with Crippen molar-refractivity contribution in [2.75, 3.05) is 18.2 Å². The molecule has 0 aliphatic carbocycles. The average Bonchev–Trinajstić information content (AvgIpc) is 2.50. The minimum Gasteiger partial charge on any atom is -0.494 e. The third-order valence-corrected chi connectivity index (χ3v) is 4.38. The normalized spacial score (nSPS) is 10.3. The van der Waals surface area contributed by atoms with Crippen molar-refractivity contribution >= 4 is 39.3 Å². The zero-order chi connectivity index (χ0) is 15.9. The molecule has 1 N–H and O–H groups in total. The Morgan fingerprint density at radius 1 is 1.27 bits per heavy atom. The molecule has 6 heteroatoms. The minimum atomic E-state index is -0.389. The first-order chi connectivity index (χ1) is 10.6. The number of rotatable bonds is 6. The molecule has 0 aromatic heterocycles. The molecule has 0 unspecified atom stereocenters. The van der Waals surface area contributed by atoms with Gasteiger partial charge in [-0.2, -0.15) is 0 Å². The SMILES string of the molecule is COc1ccc(CSCC(=O)Nc2ccc(Br)cc2)cc1F. The maximum absolute atomic E-state index is 13.5. The Hall–Kier alpha value is -1.53. The molecule has 116 valence electrons. The summed E-state index contributed by atoms with van der Waals surface area (Å²) >= 11 is 4.77. The monoisotopic (exact) mass is 383 g/mol. The molecule has 1 amide bonds. The second-order valence-electron chi connectivity index (χ2n) is 4.52. The molecule has 0 aliphatic heterocycles. The standard InChI is InChI=1S/C16H15BrFNO2S/c1-21-15-7-2-11(8-14(15)18)9-22-10-16(20)19-13-5-3-12(17)4-6-13/h2-8H,9-10H2,1H3,(H,19,20). The molecule has 0 bridgehead atoms. The minimum absolute atomic E-state index is 0.0821. The van der Waals surface area contributed by atoms with Gasteiger partial charge in [0.2, 0.25) is 5.91 Å². The number of amides is 1. The van der Waals surface area contributed by atoms with Crippen LogP contribution in [0.2, 0.25) is 0 Å². The highest BCUT2D eigenvalue weighted by Gasteiger charge is 2.06. The third kappa shape index (κ3) is 5.03. The van der Waals surface area contributed by atoms with Crippen molar-refractivity contribution in [2.24, 2.45) is 0 Å². The molecule has 0 aliphatic rings. The summed E-state index contributed by atoms with van der Waals surface area (Å²) in [6.45, 7) is 0. The molecule has 2 aromatic rings. The Morgan fingerprint density at radius 3 is 2.64 bits per heavy atom. The third-order valence-electron chi connectivity index (χ3n) is 2.85. The Labute approximate surface area is 141 Å². The summed E-state index contributed by atoms with van der Waals surface area (Å²) in [7, 11) is 1.43. The molecule has 3 nitrogen and oxygen atoms in total. The van der Waals surface area contributed by atoms with Crippen LogP contribution in [0, 0.1) is 5.82 Å². The van der Waals surface area contributed by atoms with E-state index in [1.54, 1.807) is 12.1 Å². The van der Waals surface area contributed by atoms with Gasteiger partial charge in [0.05, 0.1) is 12.9 Å². The number of ether oxygens (including phenoxy) is 1. The van der Waals surface area contributed by atoms with E-state index in [0.29, 0.717) is 11.5 Å². The fourth-order valence-corrected chi connectivity index (χ4v) is 2.83. The van der Waals surface area contributed by atoms with Crippen molar-refractivity contribution in [2.45, 2.75) is 5.75 Å². The van der Waals surface area contributed by atoms with Gasteiger partial charge in [-0.25, -0.2) is 4.39 Å². The maximum Gasteiger partial charge on any atom is 0.234 e. The van der Waals surface area contributed by atoms with Gasteiger partial charge in [0.15, 0.2) is 11.6 Å². The van der Waals surface area contributed by atoms with Crippen LogP contribution in [0.3, 0.4) is 0 Å². The van der Waals surface area contributed by atoms with Crippen LogP contribution in [-0.4, -0.2) is 18.8 Å². The maximum atomic E-state index is 13.5. The fraction of sp³-hybridized carbons (Fsp3) is 0.188. The van der Waals surface area contributed by atoms with E-state index in [9.17, 15) is 9.18 Å². The van der Waals surface area contributed by atoms with Crippen molar-refractivity contribution in [3.05, 3.63) is 58.3 Å². The van der Waals surface area contributed by atoms with Crippen LogP contribution in [0.4, 0.5) is 10.1 Å². The Bertz CT molecular complexity index is 649. The van der Waals surface area contributed by atoms with Crippen LogP contribution in [0.25, 0.3) is 0 Å². The number of hydrogen-bond donors (Lipinski definition) is 1. The van der Waals surface area contributed by atoms with Crippen molar-refractivity contribution < 1.29 is 13.9 Å². The van der Waals surface area contributed by atoms with Crippen molar-refractivity contribution in [3.8, 4) is 5.75 Å². The number of nitrogens with one attached hydrogen (secondary N) is 1. The molecule has 0 radical (unpaired) electrons. The van der Waals surface area contributed by atoms with Gasteiger partial charge in [0.25, 0.3) is 0 Å². The predicted molar refractivity (Wildman–Crippen MR) is 91.9 cm³/mol. The van der Waals surface area contributed by atoms with Gasteiger partial charge in [-0.15, -0.1) is 11.8 Å². The molecule has 0 atom stereocenters. The zero-order valence-corrected chi connectivity index (χ0v) is 14.3. The number of carbonyl (C=O) groups is 1. The lowest BCUT2D eigenvalue weighted by Crippen LogP contribution is -2.14. The van der Waals surface area contributed by atoms with Crippen LogP contribution in [-0.2, 0) is 10.5 Å². The number of thioether (sulfide) groups is 1. The molecule has 2 aromatic carbocycles. The number of anilines is 1. The van der Waals surface area contributed by atoms with Crippen molar-refractivity contribution in [1.82, 2.24) is 0 Å². The first kappa shape index (κ1) is 16.8. The summed E-state index contributed by atoms with van der Waals surface area (Å²) < 4.78 is 19.4. The van der Waals surface area contributed by atoms with Gasteiger partial charge in [-0.05, 0) is 42.0 Å². The van der Waals surface area contributed by atoms with Crippen LogP contribution >= 0.6 is 27.7 Å². The Kier molecular flexibility index (Phi) is 6.27. The van der Waals surface area contributed by atoms with Crippen molar-refractivity contribution in [1.29, 1.82) is 0 Å². The van der Waals surface area contributed by atoms with Gasteiger partial charge in [-0.3, -0.25) is 4.79 Å². The number of halogens is 2. The lowest BCUT2D eigenvalue weighted by Gasteiger charge is -2.07. The molecule has 0 heterocycles. The summed E-state index contributed by atoms with van der Waals surface area (Å²) in [4.78, 5) is 11.8. The number of hydrogen-bond acceptors (Lipinski definition) is 3. The zero-order valence-electron chi connectivity index (χ0n) is 11.9. The molecule has 0 saturated carbocycles. The van der Waals surface area contributed by atoms with E-state index in [-0.39, 0.29) is 17.5 Å². The van der Waals surface area contributed by atoms with Gasteiger partial charge in [-0.1, -0.05) is 22.0 Å². The summed E-state index contributed by atoms with van der Waals surface area (Å²) in [5.74, 6) is 0.626. The highest BCUT2D eigenvalue weighted by Crippen LogP contribution is 2.21. The molecule has 0 spiro atoms. The topological polar surface area (TPSA) is 38.3 Å². The van der Waals surface area contributed by atoms with E-state index < -0.39 is 0 Å². The first-order valence-electron chi connectivity index (χ1n) is 6.54. The molecule has 2 rings (SSSR count). The number of carbonyl (C=O) groups excluding carboxylic acids is 1. The molecule has 0 saturated heterocycles. The predicted octanol–water partition coefficient (Wildman–Crippen LogP) is 4.47. The highest BCUT2D eigenvalue weighted by molar-refractivity contribution is 9.10. The Morgan fingerprint density at radius 2 is 2.00 bits per heavy atom. The lowest BCUT2D eigenvalue weighted by atomic mass is 10.2. The lowest BCUT2D eigenvalue weighted by molar-refractivity contribution is -0.113. The second kappa shape index (κ2) is 8.19. The van der Waals surface area contributed by atoms with Crippen LogP contribution < -0.4 is 10.1 Å². The van der Waals surface area contributed by atoms with E-state index in [0.717, 1.165) is 15.7 Å². The quantitative estimate of drug-likeness (QED) is 0.799. The largest absolute Gasteiger partial charge is 0.494 e. The van der Waals surface area contributed by atoms with Crippen molar-refractivity contribution in [3.63, 3.8) is 0 Å². The van der Waals surface area contributed by atoms with Gasteiger partial charge in [0.1, 0.15) is 0 Å². The summed E-state index contributed by atoms with van der Waals surface area (Å²) in [5.41, 5.74) is 1.57. The van der Waals surface area contributed by atoms with E-state index >= 15 is 0 Å². The average molecular weight is 384 g/mol. The summed E-state index contributed by atoms with van der Waals surface area (Å²) in [6.07, 6.45) is 0. The fourth-order valence-electron chi connectivity index (χ4n) is 1.79. The van der Waals surface area contributed by atoms with Crippen LogP contribution in [0.1, 0.15) is 5.56 Å².